The summed E-state index contributed by atoms with van der Waals surface area (Å²) in [5.74, 6) is 0.335. The van der Waals surface area contributed by atoms with Crippen LogP contribution in [0.3, 0.4) is 0 Å². The third-order valence-electron chi connectivity index (χ3n) is 2.02. The summed E-state index contributed by atoms with van der Waals surface area (Å²) in [5.41, 5.74) is 0. The Morgan fingerprint density at radius 2 is 1.94 bits per heavy atom. The highest BCUT2D eigenvalue weighted by Gasteiger charge is 2.18. The van der Waals surface area contributed by atoms with E-state index < -0.39 is 0 Å². The zero-order valence-corrected chi connectivity index (χ0v) is 11.2. The molecular formula is C12H16O2S2. The maximum Gasteiger partial charge on any atom is 0.170 e. The summed E-state index contributed by atoms with van der Waals surface area (Å²) in [4.78, 5) is 23.8. The van der Waals surface area contributed by atoms with Crippen molar-refractivity contribution in [2.24, 2.45) is 0 Å². The number of hydrogen-bond donors (Lipinski definition) is 0. The summed E-state index contributed by atoms with van der Waals surface area (Å²) in [6, 6.07) is 0. The van der Waals surface area contributed by atoms with Crippen molar-refractivity contribution in [2.75, 3.05) is 0 Å². The van der Waals surface area contributed by atoms with Crippen molar-refractivity contribution in [3.05, 3.63) is 20.6 Å². The molecule has 0 atom stereocenters. The molecule has 88 valence electrons. The lowest BCUT2D eigenvalue weighted by Crippen LogP contribution is -1.96. The summed E-state index contributed by atoms with van der Waals surface area (Å²) in [5, 5.41) is 1.85. The Morgan fingerprint density at radius 1 is 1.25 bits per heavy atom. The molecule has 0 saturated carbocycles. The monoisotopic (exact) mass is 256 g/mol. The fourth-order valence-electron chi connectivity index (χ4n) is 1.25. The first kappa shape index (κ1) is 13.6. The third kappa shape index (κ3) is 4.18. The quantitative estimate of drug-likeness (QED) is 0.675. The van der Waals surface area contributed by atoms with Crippen LogP contribution in [0.1, 0.15) is 39.5 Å². The van der Waals surface area contributed by atoms with Gasteiger partial charge in [0, 0.05) is 18.9 Å². The summed E-state index contributed by atoms with van der Waals surface area (Å²) < 4.78 is 0.929. The molecule has 0 fully saturated rings. The zero-order chi connectivity index (χ0) is 12.0. The van der Waals surface area contributed by atoms with Crippen LogP contribution >= 0.6 is 23.5 Å². The smallest absolute Gasteiger partial charge is 0.170 e. The molecule has 1 heterocycles. The van der Waals surface area contributed by atoms with E-state index in [9.17, 15) is 9.59 Å². The Bertz CT molecular complexity index is 343. The van der Waals surface area contributed by atoms with E-state index in [2.05, 4.69) is 0 Å². The van der Waals surface area contributed by atoms with Gasteiger partial charge in [0.2, 0.25) is 0 Å². The van der Waals surface area contributed by atoms with E-state index >= 15 is 0 Å². The van der Waals surface area contributed by atoms with Gasteiger partial charge in [0.05, 0.1) is 9.14 Å². The number of Topliss-reactive ketones (excluding diaryl/α,β-unsaturated/α-hetero) is 1. The molecule has 1 aliphatic heterocycles. The van der Waals surface area contributed by atoms with Gasteiger partial charge in [-0.25, -0.2) is 0 Å². The summed E-state index contributed by atoms with van der Waals surface area (Å²) in [6.45, 7) is 3.98. The lowest BCUT2D eigenvalue weighted by atomic mass is 10.2. The predicted molar refractivity (Wildman–Crippen MR) is 71.2 cm³/mol. The van der Waals surface area contributed by atoms with Crippen LogP contribution in [0.15, 0.2) is 20.6 Å². The second-order valence-corrected chi connectivity index (χ2v) is 5.81. The first-order valence-corrected chi connectivity index (χ1v) is 7.19. The van der Waals surface area contributed by atoms with Crippen LogP contribution in [0.4, 0.5) is 0 Å². The van der Waals surface area contributed by atoms with Gasteiger partial charge in [-0.15, -0.1) is 0 Å². The van der Waals surface area contributed by atoms with Crippen LogP contribution in [0.25, 0.3) is 0 Å². The van der Waals surface area contributed by atoms with Crippen LogP contribution in [-0.4, -0.2) is 11.6 Å². The molecule has 0 aromatic carbocycles. The molecule has 0 aliphatic carbocycles. The number of carbonyl (C=O) groups is 2. The van der Waals surface area contributed by atoms with Gasteiger partial charge in [-0.3, -0.25) is 9.59 Å². The Hall–Kier alpha value is -0.480. The van der Waals surface area contributed by atoms with Gasteiger partial charge in [0.1, 0.15) is 0 Å². The van der Waals surface area contributed by atoms with Gasteiger partial charge >= 0.3 is 0 Å². The van der Waals surface area contributed by atoms with Crippen molar-refractivity contribution in [3.63, 3.8) is 0 Å². The number of carbonyl (C=O) groups excluding carboxylic acids is 2. The molecule has 0 unspecified atom stereocenters. The van der Waals surface area contributed by atoms with E-state index in [0.29, 0.717) is 12.8 Å². The second-order valence-electron chi connectivity index (χ2n) is 3.55. The van der Waals surface area contributed by atoms with Crippen molar-refractivity contribution >= 4 is 35.1 Å². The van der Waals surface area contributed by atoms with Crippen molar-refractivity contribution in [2.45, 2.75) is 39.5 Å². The van der Waals surface area contributed by atoms with Crippen LogP contribution in [-0.2, 0) is 9.59 Å². The number of hydrogen-bond acceptors (Lipinski definition) is 4. The molecule has 2 nitrogen and oxygen atoms in total. The second kappa shape index (κ2) is 6.97. The fourth-order valence-corrected chi connectivity index (χ4v) is 3.37. The van der Waals surface area contributed by atoms with Gasteiger partial charge < -0.3 is 0 Å². The van der Waals surface area contributed by atoms with Crippen LogP contribution < -0.4 is 0 Å². The minimum atomic E-state index is 0.148. The molecule has 0 spiro atoms. The first-order valence-electron chi connectivity index (χ1n) is 5.49. The number of rotatable bonds is 6. The van der Waals surface area contributed by atoms with Crippen molar-refractivity contribution in [1.29, 1.82) is 0 Å². The molecule has 0 saturated heterocycles. The Balaban J connectivity index is 2.50. The highest BCUT2D eigenvalue weighted by molar-refractivity contribution is 8.28. The largest absolute Gasteiger partial charge is 0.295 e. The molecule has 1 rings (SSSR count). The topological polar surface area (TPSA) is 34.1 Å². The van der Waals surface area contributed by atoms with Crippen molar-refractivity contribution < 1.29 is 9.59 Å². The molecule has 1 aliphatic rings. The maximum absolute atomic E-state index is 11.6. The third-order valence-corrected chi connectivity index (χ3v) is 4.30. The van der Waals surface area contributed by atoms with Crippen molar-refractivity contribution in [3.8, 4) is 0 Å². The van der Waals surface area contributed by atoms with Crippen LogP contribution in [0.5, 0.6) is 0 Å². The van der Waals surface area contributed by atoms with Gasteiger partial charge in [-0.05, 0) is 18.2 Å². The predicted octanol–water partition coefficient (Wildman–Crippen LogP) is 3.89. The van der Waals surface area contributed by atoms with E-state index in [1.165, 1.54) is 23.5 Å². The van der Waals surface area contributed by atoms with Gasteiger partial charge in [0.15, 0.2) is 11.6 Å². The standard InChI is InChI=1S/C12H16O2S2/c1-3-5-9(13)7-12-15-8-11(16-12)10(14)6-4-2/h7-8H,3-6H2,1-2H3. The van der Waals surface area contributed by atoms with Crippen molar-refractivity contribution in [1.82, 2.24) is 0 Å². The average Bonchev–Trinajstić information content (AvgIpc) is 2.67. The molecule has 16 heavy (non-hydrogen) atoms. The first-order chi connectivity index (χ1) is 7.67. The molecule has 0 bridgehead atoms. The van der Waals surface area contributed by atoms with E-state index in [0.717, 1.165) is 22.0 Å². The molecule has 0 aromatic heterocycles. The lowest BCUT2D eigenvalue weighted by Gasteiger charge is -1.98. The van der Waals surface area contributed by atoms with E-state index in [4.69, 9.17) is 0 Å². The molecule has 0 aromatic rings. The van der Waals surface area contributed by atoms with Crippen LogP contribution in [0.2, 0.25) is 0 Å². The summed E-state index contributed by atoms with van der Waals surface area (Å²) in [6.07, 6.45) is 4.57. The van der Waals surface area contributed by atoms with E-state index in [-0.39, 0.29) is 11.6 Å². The Labute approximate surface area is 105 Å². The molecule has 4 heteroatoms. The SMILES string of the molecule is CCCC(=O)C=C1SC=C(C(=O)CCC)S1. The highest BCUT2D eigenvalue weighted by atomic mass is 32.2. The van der Waals surface area contributed by atoms with Gasteiger partial charge in [-0.1, -0.05) is 37.4 Å². The Kier molecular flexibility index (Phi) is 5.91. The fraction of sp³-hybridized carbons (Fsp3) is 0.500. The summed E-state index contributed by atoms with van der Waals surface area (Å²) in [7, 11) is 0. The number of thioether (sulfide) groups is 2. The Morgan fingerprint density at radius 3 is 2.56 bits per heavy atom. The minimum absolute atomic E-state index is 0.148. The van der Waals surface area contributed by atoms with Gasteiger partial charge in [0.25, 0.3) is 0 Å². The highest BCUT2D eigenvalue weighted by Crippen LogP contribution is 2.44. The normalized spacial score (nSPS) is 17.6. The van der Waals surface area contributed by atoms with E-state index in [1.807, 2.05) is 19.3 Å². The average molecular weight is 256 g/mol. The molecular weight excluding hydrogens is 240 g/mol. The zero-order valence-electron chi connectivity index (χ0n) is 9.62. The molecule has 0 radical (unpaired) electrons. The lowest BCUT2D eigenvalue weighted by molar-refractivity contribution is -0.115. The molecule has 0 N–H and O–H groups in total. The van der Waals surface area contributed by atoms with E-state index in [1.54, 1.807) is 6.08 Å². The van der Waals surface area contributed by atoms with Crippen LogP contribution in [0, 0.1) is 0 Å². The molecule has 0 amide bonds. The number of allylic oxidation sites excluding steroid dienone is 2. The number of ketones is 2. The maximum atomic E-state index is 11.6. The summed E-state index contributed by atoms with van der Waals surface area (Å²) >= 11 is 2.91. The minimum Gasteiger partial charge on any atom is -0.295 e. The van der Waals surface area contributed by atoms with Gasteiger partial charge in [-0.2, -0.15) is 0 Å².